The van der Waals surface area contributed by atoms with Crippen LogP contribution in [0.3, 0.4) is 0 Å². The van der Waals surface area contributed by atoms with Crippen LogP contribution in [0.1, 0.15) is 25.3 Å². The Morgan fingerprint density at radius 1 is 1.15 bits per heavy atom. The molecule has 2 saturated heterocycles. The molecule has 178 valence electrons. The van der Waals surface area contributed by atoms with E-state index in [4.69, 9.17) is 11.6 Å². The maximum atomic E-state index is 13.0. The molecule has 3 N–H and O–H groups in total. The maximum Gasteiger partial charge on any atom is 0.258 e. The average Bonchev–Trinajstić information content (AvgIpc) is 2.81. The van der Waals surface area contributed by atoms with Crippen molar-refractivity contribution in [1.82, 2.24) is 14.8 Å². The molecule has 8 heteroatoms. The van der Waals surface area contributed by atoms with Crippen molar-refractivity contribution < 1.29 is 9.90 Å². The van der Waals surface area contributed by atoms with Gasteiger partial charge in [0.25, 0.3) is 11.5 Å². The molecule has 2 aromatic carbocycles. The summed E-state index contributed by atoms with van der Waals surface area (Å²) in [7, 11) is 0. The highest BCUT2D eigenvalue weighted by Gasteiger charge is 2.40. The lowest BCUT2D eigenvalue weighted by atomic mass is 9.92. The Balaban J connectivity index is 1.14. The number of rotatable bonds is 5. The van der Waals surface area contributed by atoms with Gasteiger partial charge in [0.15, 0.2) is 5.60 Å². The van der Waals surface area contributed by atoms with Crippen LogP contribution in [0.4, 0.5) is 5.69 Å². The Morgan fingerprint density at radius 3 is 2.56 bits per heavy atom. The van der Waals surface area contributed by atoms with Crippen LogP contribution in [0.25, 0.3) is 10.8 Å². The molecule has 0 unspecified atom stereocenters. The van der Waals surface area contributed by atoms with E-state index in [0.29, 0.717) is 41.1 Å². The summed E-state index contributed by atoms with van der Waals surface area (Å²) < 4.78 is 0. The first-order valence-electron chi connectivity index (χ1n) is 11.7. The number of carbonyl (C=O) groups is 1. The van der Waals surface area contributed by atoms with Gasteiger partial charge in [0.1, 0.15) is 0 Å². The van der Waals surface area contributed by atoms with E-state index in [0.717, 1.165) is 37.0 Å². The largest absolute Gasteiger partial charge is 0.380 e. The first-order chi connectivity index (χ1) is 16.3. The number of benzene rings is 2. The highest BCUT2D eigenvalue weighted by molar-refractivity contribution is 6.35. The Bertz CT molecular complexity index is 1250. The fourth-order valence-corrected chi connectivity index (χ4v) is 5.44. The summed E-state index contributed by atoms with van der Waals surface area (Å²) >= 11 is 6.35. The number of nitrogens with one attached hydrogen (secondary N) is 2. The predicted molar refractivity (Wildman–Crippen MR) is 134 cm³/mol. The van der Waals surface area contributed by atoms with Gasteiger partial charge in [-0.3, -0.25) is 14.5 Å². The molecule has 1 atom stereocenters. The van der Waals surface area contributed by atoms with E-state index in [9.17, 15) is 14.7 Å². The van der Waals surface area contributed by atoms with E-state index in [1.54, 1.807) is 30.2 Å². The Labute approximate surface area is 203 Å². The number of halogens is 1. The maximum absolute atomic E-state index is 13.0. The van der Waals surface area contributed by atoms with Crippen molar-refractivity contribution >= 4 is 34.0 Å². The highest BCUT2D eigenvalue weighted by Crippen LogP contribution is 2.30. The minimum atomic E-state index is -1.51. The number of H-pyrrole nitrogens is 1. The molecule has 1 aromatic heterocycles. The number of hydrogen-bond donors (Lipinski definition) is 3. The van der Waals surface area contributed by atoms with E-state index >= 15 is 0 Å². The summed E-state index contributed by atoms with van der Waals surface area (Å²) in [5.74, 6) is -0.229. The quantitative estimate of drug-likeness (QED) is 0.522. The van der Waals surface area contributed by atoms with E-state index in [1.807, 2.05) is 36.4 Å². The summed E-state index contributed by atoms with van der Waals surface area (Å²) in [5.41, 5.74) is -0.154. The van der Waals surface area contributed by atoms with Crippen LogP contribution >= 0.6 is 11.6 Å². The molecular weight excluding hydrogens is 452 g/mol. The number of carbonyl (C=O) groups excluding carboxylic acids is 1. The fourth-order valence-electron chi connectivity index (χ4n) is 5.13. The first kappa shape index (κ1) is 22.9. The smallest absolute Gasteiger partial charge is 0.258 e. The second kappa shape index (κ2) is 9.06. The molecule has 0 radical (unpaired) electrons. The molecule has 3 heterocycles. The molecule has 3 aromatic rings. The van der Waals surface area contributed by atoms with Gasteiger partial charge in [0, 0.05) is 44.1 Å². The summed E-state index contributed by atoms with van der Waals surface area (Å²) in [6, 6.07) is 15.5. The third-order valence-corrected chi connectivity index (χ3v) is 7.42. The molecule has 2 fully saturated rings. The minimum Gasteiger partial charge on any atom is -0.380 e. The van der Waals surface area contributed by atoms with Crippen molar-refractivity contribution in [3.63, 3.8) is 0 Å². The monoisotopic (exact) mass is 480 g/mol. The number of likely N-dealkylation sites (tertiary alicyclic amines) is 2. The van der Waals surface area contributed by atoms with Crippen LogP contribution in [-0.2, 0) is 10.4 Å². The third kappa shape index (κ3) is 4.31. The van der Waals surface area contributed by atoms with Gasteiger partial charge < -0.3 is 20.3 Å². The number of nitrogens with zero attached hydrogens (tertiary/aromatic N) is 2. The summed E-state index contributed by atoms with van der Waals surface area (Å²) in [4.78, 5) is 31.9. The first-order valence-corrected chi connectivity index (χ1v) is 12.1. The summed E-state index contributed by atoms with van der Waals surface area (Å²) in [6.07, 6.45) is 3.42. The molecule has 5 rings (SSSR count). The van der Waals surface area contributed by atoms with Crippen molar-refractivity contribution in [2.45, 2.75) is 37.5 Å². The van der Waals surface area contributed by atoms with Crippen LogP contribution in [0.2, 0.25) is 5.02 Å². The number of hydrogen-bond acceptors (Lipinski definition) is 5. The number of amides is 1. The number of aliphatic hydroxyl groups is 1. The summed E-state index contributed by atoms with van der Waals surface area (Å²) in [6.45, 7) is 4.72. The van der Waals surface area contributed by atoms with E-state index in [2.05, 4.69) is 15.2 Å². The third-order valence-electron chi connectivity index (χ3n) is 7.13. The Morgan fingerprint density at radius 2 is 1.85 bits per heavy atom. The van der Waals surface area contributed by atoms with Crippen molar-refractivity contribution in [3.05, 3.63) is 75.7 Å². The van der Waals surface area contributed by atoms with Crippen LogP contribution in [0.15, 0.2) is 59.5 Å². The lowest BCUT2D eigenvalue weighted by Crippen LogP contribution is -2.61. The van der Waals surface area contributed by atoms with E-state index in [-0.39, 0.29) is 11.5 Å². The summed E-state index contributed by atoms with van der Waals surface area (Å²) in [5, 5.41) is 16.2. The zero-order valence-corrected chi connectivity index (χ0v) is 19.9. The zero-order valence-electron chi connectivity index (χ0n) is 19.1. The molecule has 34 heavy (non-hydrogen) atoms. The van der Waals surface area contributed by atoms with Gasteiger partial charge in [-0.15, -0.1) is 0 Å². The molecule has 2 aliphatic heterocycles. The lowest BCUT2D eigenvalue weighted by molar-refractivity contribution is -0.152. The second-order valence-corrected chi connectivity index (χ2v) is 9.89. The lowest BCUT2D eigenvalue weighted by Gasteiger charge is -2.48. The molecule has 0 bridgehead atoms. The van der Waals surface area contributed by atoms with Crippen LogP contribution in [0.5, 0.6) is 0 Å². The van der Waals surface area contributed by atoms with Gasteiger partial charge in [0.05, 0.1) is 16.5 Å². The molecular formula is C26H29ClN4O3. The van der Waals surface area contributed by atoms with Crippen molar-refractivity contribution in [3.8, 4) is 0 Å². The second-order valence-electron chi connectivity index (χ2n) is 9.49. The number of piperidine rings is 1. The Hall–Kier alpha value is -2.87. The van der Waals surface area contributed by atoms with Crippen LogP contribution < -0.4 is 10.9 Å². The number of aromatic amines is 1. The van der Waals surface area contributed by atoms with Crippen molar-refractivity contribution in [2.24, 2.45) is 0 Å². The standard InChI is InChI=1S/C26H29ClN4O3/c1-26(34,18-5-3-2-4-6-18)25(33)30-11-8-21(9-12-30)31-15-20(16-31)29-19-13-17-7-10-28-24(32)23(17)22(27)14-19/h2-7,10,13-14,20-21,29,34H,8-9,11-12,15-16H2,1H3,(H,28,32)/t26-/m0/s1. The van der Waals surface area contributed by atoms with Crippen molar-refractivity contribution in [1.29, 1.82) is 0 Å². The predicted octanol–water partition coefficient (Wildman–Crippen LogP) is 3.18. The zero-order chi connectivity index (χ0) is 23.9. The normalized spacial score (nSPS) is 19.6. The number of anilines is 1. The molecule has 1 amide bonds. The van der Waals surface area contributed by atoms with Gasteiger partial charge in [-0.2, -0.15) is 0 Å². The van der Waals surface area contributed by atoms with Gasteiger partial charge in [-0.25, -0.2) is 0 Å². The van der Waals surface area contributed by atoms with Gasteiger partial charge in [-0.05, 0) is 48.9 Å². The Kier molecular flexibility index (Phi) is 6.10. The van der Waals surface area contributed by atoms with Crippen molar-refractivity contribution in [2.75, 3.05) is 31.5 Å². The topological polar surface area (TPSA) is 88.7 Å². The van der Waals surface area contributed by atoms with E-state index in [1.165, 1.54) is 0 Å². The van der Waals surface area contributed by atoms with Gasteiger partial charge in [0.2, 0.25) is 0 Å². The number of aromatic nitrogens is 1. The van der Waals surface area contributed by atoms with Crippen LogP contribution in [0, 0.1) is 0 Å². The molecule has 0 aliphatic carbocycles. The van der Waals surface area contributed by atoms with E-state index < -0.39 is 5.60 Å². The average molecular weight is 481 g/mol. The minimum absolute atomic E-state index is 0.182. The van der Waals surface area contributed by atoms with Gasteiger partial charge >= 0.3 is 0 Å². The number of pyridine rings is 1. The highest BCUT2D eigenvalue weighted by atomic mass is 35.5. The SMILES string of the molecule is C[C@@](O)(C(=O)N1CCC(N2CC(Nc3cc(Cl)c4c(=O)[nH]ccc4c3)C2)CC1)c1ccccc1. The molecule has 7 nitrogen and oxygen atoms in total. The van der Waals surface area contributed by atoms with Gasteiger partial charge in [-0.1, -0.05) is 41.9 Å². The fraction of sp³-hybridized carbons (Fsp3) is 0.385. The molecule has 0 saturated carbocycles. The number of fused-ring (bicyclic) bond motifs is 1. The molecule has 2 aliphatic rings. The van der Waals surface area contributed by atoms with Crippen LogP contribution in [-0.4, -0.2) is 64.1 Å². The molecule has 0 spiro atoms.